The van der Waals surface area contributed by atoms with Crippen molar-refractivity contribution in [2.75, 3.05) is 6.54 Å². The Bertz CT molecular complexity index is 673. The second-order valence-electron chi connectivity index (χ2n) is 6.62. The van der Waals surface area contributed by atoms with Crippen molar-refractivity contribution in [1.29, 1.82) is 0 Å². The van der Waals surface area contributed by atoms with Crippen molar-refractivity contribution in [3.63, 3.8) is 0 Å². The van der Waals surface area contributed by atoms with Crippen LogP contribution in [0.5, 0.6) is 0 Å². The maximum Gasteiger partial charge on any atom is 0.238 e. The first-order valence-electron chi connectivity index (χ1n) is 8.08. The van der Waals surface area contributed by atoms with Crippen LogP contribution in [0.1, 0.15) is 31.2 Å². The number of thiocarbonyl (C=S) groups is 1. The van der Waals surface area contributed by atoms with E-state index >= 15 is 0 Å². The smallest absolute Gasteiger partial charge is 0.238 e. The fraction of sp³-hybridized carbons (Fsp3) is 0.562. The van der Waals surface area contributed by atoms with Crippen molar-refractivity contribution >= 4 is 27.4 Å². The number of nitrogens with two attached hydrogens (primary N) is 1. The van der Waals surface area contributed by atoms with Gasteiger partial charge in [0, 0.05) is 12.6 Å². The topological polar surface area (TPSA) is 84.2 Å². The molecule has 0 saturated heterocycles. The lowest BCUT2D eigenvalue weighted by atomic mass is 9.96. The van der Waals surface area contributed by atoms with Crippen LogP contribution in [0.25, 0.3) is 0 Å². The van der Waals surface area contributed by atoms with E-state index in [0.29, 0.717) is 6.04 Å². The second kappa shape index (κ2) is 6.75. The van der Waals surface area contributed by atoms with Gasteiger partial charge >= 0.3 is 0 Å². The van der Waals surface area contributed by atoms with Crippen molar-refractivity contribution in [3.8, 4) is 0 Å². The quantitative estimate of drug-likeness (QED) is 0.699. The van der Waals surface area contributed by atoms with Crippen molar-refractivity contribution in [1.82, 2.24) is 10.6 Å². The van der Waals surface area contributed by atoms with Gasteiger partial charge < -0.3 is 10.6 Å². The third kappa shape index (κ3) is 4.22. The molecule has 2 aliphatic rings. The molecule has 0 heterocycles. The highest BCUT2D eigenvalue weighted by Gasteiger charge is 2.39. The van der Waals surface area contributed by atoms with Crippen LogP contribution in [0, 0.1) is 11.8 Å². The molecule has 0 amide bonds. The molecule has 0 aliphatic heterocycles. The molecule has 2 bridgehead atoms. The zero-order valence-corrected chi connectivity index (χ0v) is 14.6. The predicted molar refractivity (Wildman–Crippen MR) is 94.5 cm³/mol. The summed E-state index contributed by atoms with van der Waals surface area (Å²) in [7, 11) is -3.62. The number of nitrogens with one attached hydrogen (secondary N) is 2. The summed E-state index contributed by atoms with van der Waals surface area (Å²) in [5.41, 5.74) is 1.05. The van der Waals surface area contributed by atoms with E-state index < -0.39 is 10.0 Å². The van der Waals surface area contributed by atoms with Crippen LogP contribution in [0.3, 0.4) is 0 Å². The Hall–Kier alpha value is -1.18. The largest absolute Gasteiger partial charge is 0.362 e. The van der Waals surface area contributed by atoms with Crippen LogP contribution < -0.4 is 15.8 Å². The Morgan fingerprint density at radius 3 is 2.52 bits per heavy atom. The van der Waals surface area contributed by atoms with Crippen LogP contribution >= 0.6 is 12.2 Å². The zero-order chi connectivity index (χ0) is 16.4. The standard InChI is InChI=1S/C16H23N3O2S2/c17-23(20,21)14-5-2-11(3-6-14)7-8-18-16(22)19-15-10-12-1-4-13(15)9-12/h2-3,5-6,12-13,15H,1,4,7-10H2,(H2,17,20,21)(H2,18,19,22). The van der Waals surface area contributed by atoms with Crippen molar-refractivity contribution in [2.45, 2.75) is 43.0 Å². The van der Waals surface area contributed by atoms with Crippen molar-refractivity contribution in [3.05, 3.63) is 29.8 Å². The molecule has 23 heavy (non-hydrogen) atoms. The molecule has 0 radical (unpaired) electrons. The van der Waals surface area contributed by atoms with Gasteiger partial charge in [0.2, 0.25) is 10.0 Å². The van der Waals surface area contributed by atoms with Gasteiger partial charge in [0.15, 0.2) is 5.11 Å². The van der Waals surface area contributed by atoms with E-state index in [1.165, 1.54) is 37.8 Å². The number of primary sulfonamides is 1. The third-order valence-electron chi connectivity index (χ3n) is 5.01. The lowest BCUT2D eigenvalue weighted by Gasteiger charge is -2.24. The molecule has 7 heteroatoms. The first kappa shape index (κ1) is 16.7. The lowest BCUT2D eigenvalue weighted by molar-refractivity contribution is 0.389. The molecule has 126 valence electrons. The average Bonchev–Trinajstić information content (AvgIpc) is 3.09. The Morgan fingerprint density at radius 1 is 1.22 bits per heavy atom. The molecule has 3 atom stereocenters. The number of hydrogen-bond donors (Lipinski definition) is 3. The second-order valence-corrected chi connectivity index (χ2v) is 8.59. The molecule has 2 aliphatic carbocycles. The monoisotopic (exact) mass is 353 g/mol. The molecule has 3 rings (SSSR count). The van der Waals surface area contributed by atoms with E-state index in [1.54, 1.807) is 12.1 Å². The molecule has 3 unspecified atom stereocenters. The molecule has 1 aromatic rings. The van der Waals surface area contributed by atoms with E-state index in [0.717, 1.165) is 35.5 Å². The molecular formula is C16H23N3O2S2. The summed E-state index contributed by atoms with van der Waals surface area (Å²) in [4.78, 5) is 0.141. The summed E-state index contributed by atoms with van der Waals surface area (Å²) in [6.45, 7) is 0.724. The van der Waals surface area contributed by atoms with Crippen LogP contribution in [0.15, 0.2) is 29.2 Å². The van der Waals surface area contributed by atoms with Gasteiger partial charge in [-0.1, -0.05) is 18.6 Å². The van der Waals surface area contributed by atoms with Crippen LogP contribution in [0.2, 0.25) is 0 Å². The number of rotatable bonds is 5. The first-order valence-corrected chi connectivity index (χ1v) is 10.0. The Labute approximate surface area is 143 Å². The van der Waals surface area contributed by atoms with Gasteiger partial charge in [-0.05, 0) is 67.4 Å². The molecule has 1 aromatic carbocycles. The highest BCUT2D eigenvalue weighted by Crippen LogP contribution is 2.44. The van der Waals surface area contributed by atoms with Gasteiger partial charge in [0.25, 0.3) is 0 Å². The summed E-state index contributed by atoms with van der Waals surface area (Å²) >= 11 is 5.37. The summed E-state index contributed by atoms with van der Waals surface area (Å²) in [5.74, 6) is 1.70. The summed E-state index contributed by atoms with van der Waals surface area (Å²) in [5, 5.41) is 12.5. The minimum Gasteiger partial charge on any atom is -0.362 e. The molecule has 5 nitrogen and oxygen atoms in total. The zero-order valence-electron chi connectivity index (χ0n) is 13.0. The van der Waals surface area contributed by atoms with Gasteiger partial charge in [-0.2, -0.15) is 0 Å². The van der Waals surface area contributed by atoms with E-state index in [9.17, 15) is 8.42 Å². The highest BCUT2D eigenvalue weighted by atomic mass is 32.2. The van der Waals surface area contributed by atoms with Gasteiger partial charge in [0.05, 0.1) is 4.90 Å². The van der Waals surface area contributed by atoms with E-state index in [2.05, 4.69) is 10.6 Å². The highest BCUT2D eigenvalue weighted by molar-refractivity contribution is 7.89. The number of sulfonamides is 1. The number of fused-ring (bicyclic) bond motifs is 2. The Kier molecular flexibility index (Phi) is 4.89. The van der Waals surface area contributed by atoms with Gasteiger partial charge in [-0.25, -0.2) is 13.6 Å². The maximum atomic E-state index is 11.2. The number of benzene rings is 1. The maximum absolute atomic E-state index is 11.2. The van der Waals surface area contributed by atoms with Crippen LogP contribution in [-0.2, 0) is 16.4 Å². The third-order valence-corrected chi connectivity index (χ3v) is 6.20. The van der Waals surface area contributed by atoms with E-state index in [-0.39, 0.29) is 4.90 Å². The predicted octanol–water partition coefficient (Wildman–Crippen LogP) is 1.53. The minimum absolute atomic E-state index is 0.141. The fourth-order valence-electron chi connectivity index (χ4n) is 3.81. The Morgan fingerprint density at radius 2 is 1.96 bits per heavy atom. The van der Waals surface area contributed by atoms with Crippen molar-refractivity contribution < 1.29 is 8.42 Å². The summed E-state index contributed by atoms with van der Waals surface area (Å²) in [6, 6.07) is 7.19. The van der Waals surface area contributed by atoms with Crippen molar-refractivity contribution in [2.24, 2.45) is 17.0 Å². The molecule has 0 spiro atoms. The number of hydrogen-bond acceptors (Lipinski definition) is 3. The molecule has 2 fully saturated rings. The lowest BCUT2D eigenvalue weighted by Crippen LogP contribution is -2.44. The van der Waals surface area contributed by atoms with Gasteiger partial charge in [0.1, 0.15) is 0 Å². The molecule has 0 aromatic heterocycles. The minimum atomic E-state index is -3.62. The van der Waals surface area contributed by atoms with E-state index in [4.69, 9.17) is 17.4 Å². The van der Waals surface area contributed by atoms with Crippen LogP contribution in [-0.4, -0.2) is 26.1 Å². The SMILES string of the molecule is NS(=O)(=O)c1ccc(CCNC(=S)NC2CC3CCC2C3)cc1. The van der Waals surface area contributed by atoms with Crippen LogP contribution in [0.4, 0.5) is 0 Å². The fourth-order valence-corrected chi connectivity index (χ4v) is 4.58. The molecule has 4 N–H and O–H groups in total. The summed E-state index contributed by atoms with van der Waals surface area (Å²) < 4.78 is 22.4. The van der Waals surface area contributed by atoms with Gasteiger partial charge in [-0.3, -0.25) is 0 Å². The van der Waals surface area contributed by atoms with E-state index in [1.807, 2.05) is 0 Å². The molecule has 2 saturated carbocycles. The first-order chi connectivity index (χ1) is 10.9. The summed E-state index contributed by atoms with van der Waals surface area (Å²) in [6.07, 6.45) is 6.11. The van der Waals surface area contributed by atoms with Gasteiger partial charge in [-0.15, -0.1) is 0 Å². The normalized spacial score (nSPS) is 26.2. The molecular weight excluding hydrogens is 330 g/mol. The Balaban J connectivity index is 1.41. The average molecular weight is 354 g/mol.